The molecule has 1 fully saturated rings. The Balaban J connectivity index is 1.72. The molecule has 1 aliphatic heterocycles. The average Bonchev–Trinajstić information content (AvgIpc) is 2.84. The lowest BCUT2D eigenvalue weighted by molar-refractivity contribution is -0.134. The van der Waals surface area contributed by atoms with Crippen molar-refractivity contribution in [2.24, 2.45) is 0 Å². The second kappa shape index (κ2) is 9.98. The maximum Gasteiger partial charge on any atom is 0.227 e. The van der Waals surface area contributed by atoms with Crippen LogP contribution in [0.5, 0.6) is 5.75 Å². The number of piperidine rings is 1. The van der Waals surface area contributed by atoms with Crippen LogP contribution < -0.4 is 9.64 Å². The van der Waals surface area contributed by atoms with Gasteiger partial charge in [-0.3, -0.25) is 9.78 Å². The van der Waals surface area contributed by atoms with E-state index in [1.165, 1.54) is 0 Å². The largest absolute Gasteiger partial charge is 0.497 e. The van der Waals surface area contributed by atoms with Crippen molar-refractivity contribution in [1.82, 2.24) is 19.9 Å². The molecule has 33 heavy (non-hydrogen) atoms. The van der Waals surface area contributed by atoms with Gasteiger partial charge in [0.1, 0.15) is 5.75 Å². The van der Waals surface area contributed by atoms with Gasteiger partial charge in [-0.25, -0.2) is 9.97 Å². The Labute approximate surface area is 195 Å². The van der Waals surface area contributed by atoms with Crippen LogP contribution in [0.4, 0.5) is 5.95 Å². The fraction of sp³-hybridized carbons (Fsp3) is 0.385. The zero-order valence-corrected chi connectivity index (χ0v) is 19.8. The van der Waals surface area contributed by atoms with Crippen LogP contribution in [-0.2, 0) is 11.2 Å². The highest BCUT2D eigenvalue weighted by Crippen LogP contribution is 2.37. The van der Waals surface area contributed by atoms with Crippen LogP contribution in [0, 0.1) is 6.92 Å². The first kappa shape index (κ1) is 22.7. The average molecular weight is 446 g/mol. The predicted octanol–water partition coefficient (Wildman–Crippen LogP) is 4.22. The monoisotopic (exact) mass is 445 g/mol. The van der Waals surface area contributed by atoms with E-state index in [0.29, 0.717) is 12.4 Å². The number of benzene rings is 1. The fourth-order valence-electron chi connectivity index (χ4n) is 4.41. The van der Waals surface area contributed by atoms with Gasteiger partial charge in [-0.15, -0.1) is 0 Å². The van der Waals surface area contributed by atoms with Gasteiger partial charge in [-0.1, -0.05) is 12.1 Å². The molecule has 7 heteroatoms. The summed E-state index contributed by atoms with van der Waals surface area (Å²) >= 11 is 0. The van der Waals surface area contributed by atoms with E-state index in [-0.39, 0.29) is 11.9 Å². The molecule has 0 N–H and O–H groups in total. The van der Waals surface area contributed by atoms with E-state index < -0.39 is 0 Å². The molecule has 4 rings (SSSR count). The number of carbonyl (C=O) groups excluding carboxylic acids is 1. The molecule has 3 heterocycles. The van der Waals surface area contributed by atoms with E-state index in [2.05, 4.69) is 9.97 Å². The number of ether oxygens (including phenoxy) is 1. The molecule has 0 spiro atoms. The van der Waals surface area contributed by atoms with Crippen molar-refractivity contribution in [1.29, 1.82) is 0 Å². The Morgan fingerprint density at radius 1 is 1.18 bits per heavy atom. The molecule has 1 unspecified atom stereocenters. The number of pyridine rings is 1. The minimum absolute atomic E-state index is 0.0962. The smallest absolute Gasteiger partial charge is 0.227 e. The lowest BCUT2D eigenvalue weighted by Gasteiger charge is -2.36. The van der Waals surface area contributed by atoms with E-state index in [1.807, 2.05) is 73.5 Å². The van der Waals surface area contributed by atoms with E-state index in [4.69, 9.17) is 9.72 Å². The molecule has 1 aromatic carbocycles. The lowest BCUT2D eigenvalue weighted by atomic mass is 9.92. The van der Waals surface area contributed by atoms with Crippen LogP contribution in [-0.4, -0.2) is 53.5 Å². The summed E-state index contributed by atoms with van der Waals surface area (Å²) in [5.74, 6) is 1.51. The van der Waals surface area contributed by atoms with Crippen molar-refractivity contribution in [3.8, 4) is 16.9 Å². The number of amides is 1. The Morgan fingerprint density at radius 2 is 2.03 bits per heavy atom. The standard InChI is InChI=1S/C26H31N5O2/c1-18-16-27-12-11-21(18)22-17-28-26(30(2)3)29-25(22)23-10-5-6-13-31(23)24(32)15-19-8-7-9-20(14-19)33-4/h7-9,11-12,14,16-17,23H,5-6,10,13,15H2,1-4H3. The molecule has 1 amide bonds. The molecule has 0 bridgehead atoms. The van der Waals surface area contributed by atoms with Gasteiger partial charge < -0.3 is 14.5 Å². The predicted molar refractivity (Wildman–Crippen MR) is 129 cm³/mol. The third-order valence-electron chi connectivity index (χ3n) is 6.14. The van der Waals surface area contributed by atoms with Crippen molar-refractivity contribution in [3.63, 3.8) is 0 Å². The molecule has 0 aliphatic carbocycles. The van der Waals surface area contributed by atoms with Crippen molar-refractivity contribution in [3.05, 3.63) is 65.7 Å². The van der Waals surface area contributed by atoms with E-state index in [9.17, 15) is 4.79 Å². The first-order valence-corrected chi connectivity index (χ1v) is 11.4. The number of anilines is 1. The summed E-state index contributed by atoms with van der Waals surface area (Å²) in [5, 5.41) is 0. The summed E-state index contributed by atoms with van der Waals surface area (Å²) in [6.45, 7) is 2.77. The molecule has 3 aromatic rings. The van der Waals surface area contributed by atoms with Gasteiger partial charge in [0.15, 0.2) is 0 Å². The first-order valence-electron chi connectivity index (χ1n) is 11.4. The van der Waals surface area contributed by atoms with Gasteiger partial charge in [-0.2, -0.15) is 0 Å². The Bertz CT molecular complexity index is 1130. The number of hydrogen-bond donors (Lipinski definition) is 0. The number of methoxy groups -OCH3 is 1. The SMILES string of the molecule is COc1cccc(CC(=O)N2CCCCC2c2nc(N(C)C)ncc2-c2ccncc2C)c1. The number of hydrogen-bond acceptors (Lipinski definition) is 6. The van der Waals surface area contributed by atoms with Gasteiger partial charge in [0.25, 0.3) is 0 Å². The highest BCUT2D eigenvalue weighted by atomic mass is 16.5. The molecule has 172 valence electrons. The molecule has 1 aliphatic rings. The molecule has 0 saturated carbocycles. The lowest BCUT2D eigenvalue weighted by Crippen LogP contribution is -2.40. The topological polar surface area (TPSA) is 71.5 Å². The van der Waals surface area contributed by atoms with Gasteiger partial charge in [0.05, 0.1) is 25.3 Å². The summed E-state index contributed by atoms with van der Waals surface area (Å²) in [6.07, 6.45) is 8.80. The second-order valence-electron chi connectivity index (χ2n) is 8.68. The van der Waals surface area contributed by atoms with Crippen LogP contribution in [0.2, 0.25) is 0 Å². The fourth-order valence-corrected chi connectivity index (χ4v) is 4.41. The molecule has 1 saturated heterocycles. The number of aryl methyl sites for hydroxylation is 1. The maximum atomic E-state index is 13.5. The molecule has 0 radical (unpaired) electrons. The molecular formula is C26H31N5O2. The normalized spacial score (nSPS) is 15.9. The van der Waals surface area contributed by atoms with Gasteiger partial charge in [0, 0.05) is 44.8 Å². The Kier molecular flexibility index (Phi) is 6.87. The van der Waals surface area contributed by atoms with Crippen molar-refractivity contribution in [2.75, 3.05) is 32.6 Å². The number of likely N-dealkylation sites (tertiary alicyclic amines) is 1. The van der Waals surface area contributed by atoms with Crippen LogP contribution in [0.1, 0.15) is 42.1 Å². The summed E-state index contributed by atoms with van der Waals surface area (Å²) in [4.78, 5) is 31.2. The first-order chi connectivity index (χ1) is 16.0. The number of nitrogens with zero attached hydrogens (tertiary/aromatic N) is 5. The highest BCUT2D eigenvalue weighted by molar-refractivity contribution is 5.80. The molecular weight excluding hydrogens is 414 g/mol. The van der Waals surface area contributed by atoms with Crippen LogP contribution >= 0.6 is 0 Å². The van der Waals surface area contributed by atoms with Gasteiger partial charge in [-0.05, 0) is 61.1 Å². The molecule has 2 aromatic heterocycles. The Morgan fingerprint density at radius 3 is 2.79 bits per heavy atom. The third-order valence-corrected chi connectivity index (χ3v) is 6.14. The zero-order chi connectivity index (χ0) is 23.4. The molecule has 1 atom stereocenters. The van der Waals surface area contributed by atoms with Crippen molar-refractivity contribution < 1.29 is 9.53 Å². The van der Waals surface area contributed by atoms with E-state index in [0.717, 1.165) is 59.5 Å². The molecule has 7 nitrogen and oxygen atoms in total. The van der Waals surface area contributed by atoms with Crippen LogP contribution in [0.25, 0.3) is 11.1 Å². The summed E-state index contributed by atoms with van der Waals surface area (Å²) in [5.41, 5.74) is 4.93. The maximum absolute atomic E-state index is 13.5. The number of aromatic nitrogens is 3. The van der Waals surface area contributed by atoms with Gasteiger partial charge in [0.2, 0.25) is 11.9 Å². The van der Waals surface area contributed by atoms with Crippen LogP contribution in [0.15, 0.2) is 48.9 Å². The summed E-state index contributed by atoms with van der Waals surface area (Å²) in [6, 6.07) is 9.62. The highest BCUT2D eigenvalue weighted by Gasteiger charge is 2.32. The minimum atomic E-state index is -0.0962. The van der Waals surface area contributed by atoms with Crippen molar-refractivity contribution >= 4 is 11.9 Å². The van der Waals surface area contributed by atoms with Crippen LogP contribution in [0.3, 0.4) is 0 Å². The Hall–Kier alpha value is -3.48. The summed E-state index contributed by atoms with van der Waals surface area (Å²) in [7, 11) is 5.51. The number of rotatable bonds is 6. The number of carbonyl (C=O) groups is 1. The van der Waals surface area contributed by atoms with Gasteiger partial charge >= 0.3 is 0 Å². The minimum Gasteiger partial charge on any atom is -0.497 e. The quantitative estimate of drug-likeness (QED) is 0.566. The zero-order valence-electron chi connectivity index (χ0n) is 19.8. The van der Waals surface area contributed by atoms with Crippen molar-refractivity contribution in [2.45, 2.75) is 38.6 Å². The summed E-state index contributed by atoms with van der Waals surface area (Å²) < 4.78 is 5.33. The van der Waals surface area contributed by atoms with E-state index in [1.54, 1.807) is 13.3 Å². The van der Waals surface area contributed by atoms with E-state index >= 15 is 0 Å². The third kappa shape index (κ3) is 4.97. The second-order valence-corrected chi connectivity index (χ2v) is 8.68.